The molecule has 1 aromatic rings. The largest absolute Gasteiger partial charge is 0.481 e. The third-order valence-corrected chi connectivity index (χ3v) is 3.37. The number of hydrogen-bond acceptors (Lipinski definition) is 2. The molecule has 94 valence electrons. The minimum absolute atomic E-state index is 0.0801. The van der Waals surface area contributed by atoms with E-state index < -0.39 is 5.97 Å². The highest BCUT2D eigenvalue weighted by Gasteiger charge is 2.24. The van der Waals surface area contributed by atoms with Crippen LogP contribution < -0.4 is 0 Å². The molecular formula is C14H13ClO3. The van der Waals surface area contributed by atoms with Gasteiger partial charge in [-0.15, -0.1) is 0 Å². The lowest BCUT2D eigenvalue weighted by molar-refractivity contribution is -0.140. The number of benzene rings is 1. The molecule has 0 saturated heterocycles. The van der Waals surface area contributed by atoms with Crippen molar-refractivity contribution in [1.82, 2.24) is 0 Å². The Balaban J connectivity index is 2.15. The normalized spacial score (nSPS) is 19.5. The van der Waals surface area contributed by atoms with Gasteiger partial charge in [0.05, 0.1) is 6.42 Å². The quantitative estimate of drug-likeness (QED) is 0.912. The van der Waals surface area contributed by atoms with Gasteiger partial charge in [-0.25, -0.2) is 0 Å². The number of hydrogen-bond donors (Lipinski definition) is 1. The number of halogens is 1. The number of rotatable bonds is 3. The maximum atomic E-state index is 11.8. The summed E-state index contributed by atoms with van der Waals surface area (Å²) >= 11 is 5.81. The van der Waals surface area contributed by atoms with Crippen LogP contribution in [0.2, 0.25) is 5.02 Å². The molecule has 0 fully saturated rings. The van der Waals surface area contributed by atoms with Crippen molar-refractivity contribution in [2.45, 2.75) is 19.3 Å². The van der Waals surface area contributed by atoms with Gasteiger partial charge in [0.15, 0.2) is 5.78 Å². The van der Waals surface area contributed by atoms with Gasteiger partial charge in [-0.1, -0.05) is 23.7 Å². The highest BCUT2D eigenvalue weighted by Crippen LogP contribution is 2.30. The van der Waals surface area contributed by atoms with Gasteiger partial charge in [-0.3, -0.25) is 9.59 Å². The van der Waals surface area contributed by atoms with E-state index in [-0.39, 0.29) is 18.1 Å². The number of ketones is 1. The Labute approximate surface area is 110 Å². The van der Waals surface area contributed by atoms with E-state index in [0.29, 0.717) is 11.4 Å². The van der Waals surface area contributed by atoms with E-state index in [9.17, 15) is 9.59 Å². The van der Waals surface area contributed by atoms with Gasteiger partial charge >= 0.3 is 5.97 Å². The maximum absolute atomic E-state index is 11.8. The van der Waals surface area contributed by atoms with Gasteiger partial charge in [0.2, 0.25) is 0 Å². The fourth-order valence-corrected chi connectivity index (χ4v) is 2.26. The Bertz CT molecular complexity index is 502. The average molecular weight is 265 g/mol. The van der Waals surface area contributed by atoms with E-state index >= 15 is 0 Å². The lowest BCUT2D eigenvalue weighted by Gasteiger charge is -2.19. The summed E-state index contributed by atoms with van der Waals surface area (Å²) in [7, 11) is 0. The summed E-state index contributed by atoms with van der Waals surface area (Å²) in [5, 5.41) is 9.37. The molecule has 1 aromatic carbocycles. The SMILES string of the molecule is O=C(O)CC1CCC(c2ccc(Cl)cc2)=CC1=O. The number of carbonyl (C=O) groups excluding carboxylic acids is 1. The number of allylic oxidation sites excluding steroid dienone is 2. The third-order valence-electron chi connectivity index (χ3n) is 3.12. The van der Waals surface area contributed by atoms with Crippen molar-refractivity contribution >= 4 is 28.9 Å². The molecule has 3 nitrogen and oxygen atoms in total. The predicted octanol–water partition coefficient (Wildman–Crippen LogP) is 3.18. The molecule has 1 atom stereocenters. The van der Waals surface area contributed by atoms with E-state index in [1.165, 1.54) is 0 Å². The van der Waals surface area contributed by atoms with Gasteiger partial charge in [-0.2, -0.15) is 0 Å². The van der Waals surface area contributed by atoms with Crippen LogP contribution in [0, 0.1) is 5.92 Å². The molecule has 0 aliphatic heterocycles. The first-order chi connectivity index (χ1) is 8.56. The number of carboxylic acids is 1. The van der Waals surface area contributed by atoms with Crippen LogP contribution in [0.3, 0.4) is 0 Å². The Hall–Kier alpha value is -1.61. The van der Waals surface area contributed by atoms with Crippen LogP contribution in [0.25, 0.3) is 5.57 Å². The minimum atomic E-state index is -0.920. The van der Waals surface area contributed by atoms with Crippen molar-refractivity contribution in [2.24, 2.45) is 5.92 Å². The van der Waals surface area contributed by atoms with Crippen LogP contribution >= 0.6 is 11.6 Å². The van der Waals surface area contributed by atoms with Gasteiger partial charge in [0.1, 0.15) is 0 Å². The van der Waals surface area contributed by atoms with Crippen molar-refractivity contribution in [3.63, 3.8) is 0 Å². The zero-order valence-corrected chi connectivity index (χ0v) is 10.5. The fraction of sp³-hybridized carbons (Fsp3) is 0.286. The van der Waals surface area contributed by atoms with E-state index in [1.54, 1.807) is 18.2 Å². The summed E-state index contributed by atoms with van der Waals surface area (Å²) in [6.07, 6.45) is 2.81. The van der Waals surface area contributed by atoms with E-state index in [4.69, 9.17) is 16.7 Å². The van der Waals surface area contributed by atoms with Crippen LogP contribution in [0.4, 0.5) is 0 Å². The van der Waals surface area contributed by atoms with E-state index in [2.05, 4.69) is 0 Å². The zero-order chi connectivity index (χ0) is 13.1. The summed E-state index contributed by atoms with van der Waals surface area (Å²) in [6.45, 7) is 0. The topological polar surface area (TPSA) is 54.4 Å². The average Bonchev–Trinajstić information content (AvgIpc) is 2.32. The van der Waals surface area contributed by atoms with Crippen LogP contribution in [-0.2, 0) is 9.59 Å². The summed E-state index contributed by atoms with van der Waals surface area (Å²) in [5.74, 6) is -1.39. The first-order valence-corrected chi connectivity index (χ1v) is 6.16. The summed E-state index contributed by atoms with van der Waals surface area (Å²) < 4.78 is 0. The molecule has 0 radical (unpaired) electrons. The van der Waals surface area contributed by atoms with Crippen molar-refractivity contribution in [3.05, 3.63) is 40.9 Å². The highest BCUT2D eigenvalue weighted by atomic mass is 35.5. The lowest BCUT2D eigenvalue weighted by atomic mass is 9.84. The molecule has 1 N–H and O–H groups in total. The van der Waals surface area contributed by atoms with Crippen LogP contribution in [0.15, 0.2) is 30.3 Å². The summed E-state index contributed by atoms with van der Waals surface area (Å²) in [5.41, 5.74) is 1.93. The van der Waals surface area contributed by atoms with Crippen molar-refractivity contribution < 1.29 is 14.7 Å². The second-order valence-electron chi connectivity index (χ2n) is 4.41. The smallest absolute Gasteiger partial charge is 0.304 e. The van der Waals surface area contributed by atoms with E-state index in [0.717, 1.165) is 17.6 Å². The zero-order valence-electron chi connectivity index (χ0n) is 9.73. The van der Waals surface area contributed by atoms with Gasteiger partial charge in [0, 0.05) is 10.9 Å². The van der Waals surface area contributed by atoms with Crippen molar-refractivity contribution in [3.8, 4) is 0 Å². The number of aliphatic carboxylic acids is 1. The summed E-state index contributed by atoms with van der Waals surface area (Å²) in [6, 6.07) is 7.31. The molecule has 1 unspecified atom stereocenters. The molecule has 0 bridgehead atoms. The molecule has 18 heavy (non-hydrogen) atoms. The summed E-state index contributed by atoms with van der Waals surface area (Å²) in [4.78, 5) is 22.4. The molecule has 1 aliphatic carbocycles. The number of carbonyl (C=O) groups is 2. The van der Waals surface area contributed by atoms with E-state index in [1.807, 2.05) is 12.1 Å². The van der Waals surface area contributed by atoms with Crippen molar-refractivity contribution in [2.75, 3.05) is 0 Å². The highest BCUT2D eigenvalue weighted by molar-refractivity contribution is 6.30. The van der Waals surface area contributed by atoms with Crippen LogP contribution in [-0.4, -0.2) is 16.9 Å². The molecule has 0 aromatic heterocycles. The standard InChI is InChI=1S/C14H13ClO3/c15-12-5-3-9(4-6-12)10-1-2-11(8-14(17)18)13(16)7-10/h3-7,11H,1-2,8H2,(H,17,18). The Morgan fingerprint density at radius 1 is 1.33 bits per heavy atom. The Morgan fingerprint density at radius 2 is 2.00 bits per heavy atom. The molecular weight excluding hydrogens is 252 g/mol. The molecule has 2 rings (SSSR count). The molecule has 4 heteroatoms. The second-order valence-corrected chi connectivity index (χ2v) is 4.85. The predicted molar refractivity (Wildman–Crippen MR) is 69.4 cm³/mol. The first kappa shape index (κ1) is 12.8. The second kappa shape index (κ2) is 5.36. The molecule has 0 spiro atoms. The van der Waals surface area contributed by atoms with Crippen molar-refractivity contribution in [1.29, 1.82) is 0 Å². The minimum Gasteiger partial charge on any atom is -0.481 e. The lowest BCUT2D eigenvalue weighted by Crippen LogP contribution is -2.20. The fourth-order valence-electron chi connectivity index (χ4n) is 2.14. The van der Waals surface area contributed by atoms with Gasteiger partial charge in [-0.05, 0) is 42.2 Å². The van der Waals surface area contributed by atoms with Gasteiger partial charge in [0.25, 0.3) is 0 Å². The third kappa shape index (κ3) is 2.99. The van der Waals surface area contributed by atoms with Crippen LogP contribution in [0.5, 0.6) is 0 Å². The Kier molecular flexibility index (Phi) is 3.82. The number of carboxylic acid groups (broad SMARTS) is 1. The Morgan fingerprint density at radius 3 is 2.56 bits per heavy atom. The first-order valence-electron chi connectivity index (χ1n) is 5.78. The monoisotopic (exact) mass is 264 g/mol. The maximum Gasteiger partial charge on any atom is 0.304 e. The van der Waals surface area contributed by atoms with Gasteiger partial charge < -0.3 is 5.11 Å². The molecule has 0 amide bonds. The molecule has 0 heterocycles. The molecule has 1 aliphatic rings. The molecule has 0 saturated carbocycles. The van der Waals surface area contributed by atoms with Crippen LogP contribution in [0.1, 0.15) is 24.8 Å².